The Bertz CT molecular complexity index is 323. The molecule has 3 heteroatoms. The Morgan fingerprint density at radius 3 is 2.57 bits per heavy atom. The molecule has 14 heavy (non-hydrogen) atoms. The van der Waals surface area contributed by atoms with Crippen LogP contribution in [0, 0.1) is 5.92 Å². The Morgan fingerprint density at radius 2 is 2.21 bits per heavy atom. The Hall–Kier alpha value is -1.25. The monoisotopic (exact) mass is 196 g/mol. The van der Waals surface area contributed by atoms with Crippen LogP contribution in [0.2, 0.25) is 0 Å². The SMILES string of the molecule is CCc1oc(CC(C)C)cc1C(=O)O. The van der Waals surface area contributed by atoms with Crippen LogP contribution in [0.3, 0.4) is 0 Å². The molecule has 0 saturated carbocycles. The van der Waals surface area contributed by atoms with E-state index < -0.39 is 5.97 Å². The number of carboxylic acid groups (broad SMARTS) is 1. The minimum atomic E-state index is -0.902. The van der Waals surface area contributed by atoms with E-state index in [1.54, 1.807) is 6.07 Å². The third-order valence-electron chi connectivity index (χ3n) is 2.02. The van der Waals surface area contributed by atoms with Crippen molar-refractivity contribution in [2.45, 2.75) is 33.6 Å². The standard InChI is InChI=1S/C11H16O3/c1-4-10-9(11(12)13)6-8(14-10)5-7(2)3/h6-7H,4-5H2,1-3H3,(H,12,13). The van der Waals surface area contributed by atoms with Crippen LogP contribution in [0.25, 0.3) is 0 Å². The van der Waals surface area contributed by atoms with Crippen LogP contribution in [0.4, 0.5) is 0 Å². The highest BCUT2D eigenvalue weighted by atomic mass is 16.4. The maximum atomic E-state index is 10.8. The van der Waals surface area contributed by atoms with E-state index in [4.69, 9.17) is 9.52 Å². The van der Waals surface area contributed by atoms with Crippen LogP contribution >= 0.6 is 0 Å². The van der Waals surface area contributed by atoms with Gasteiger partial charge in [-0.25, -0.2) is 4.79 Å². The van der Waals surface area contributed by atoms with Gasteiger partial charge in [-0.05, 0) is 12.0 Å². The second kappa shape index (κ2) is 4.31. The lowest BCUT2D eigenvalue weighted by molar-refractivity contribution is 0.0694. The summed E-state index contributed by atoms with van der Waals surface area (Å²) in [7, 11) is 0. The maximum Gasteiger partial charge on any atom is 0.339 e. The van der Waals surface area contributed by atoms with Crippen molar-refractivity contribution in [3.05, 3.63) is 23.2 Å². The Morgan fingerprint density at radius 1 is 1.57 bits per heavy atom. The van der Waals surface area contributed by atoms with E-state index in [0.717, 1.165) is 12.2 Å². The summed E-state index contributed by atoms with van der Waals surface area (Å²) in [5.41, 5.74) is 0.308. The smallest absolute Gasteiger partial charge is 0.339 e. The first kappa shape index (κ1) is 10.8. The van der Waals surface area contributed by atoms with Crippen LogP contribution < -0.4 is 0 Å². The van der Waals surface area contributed by atoms with E-state index in [2.05, 4.69) is 13.8 Å². The highest BCUT2D eigenvalue weighted by Gasteiger charge is 2.15. The molecular formula is C11H16O3. The van der Waals surface area contributed by atoms with Crippen LogP contribution in [0.1, 0.15) is 42.6 Å². The number of carboxylic acids is 1. The number of hydrogen-bond donors (Lipinski definition) is 1. The molecule has 0 atom stereocenters. The molecule has 0 aliphatic rings. The molecule has 0 aliphatic carbocycles. The summed E-state index contributed by atoms with van der Waals surface area (Å²) in [6, 6.07) is 1.64. The van der Waals surface area contributed by atoms with Crippen LogP contribution in [0.15, 0.2) is 10.5 Å². The minimum Gasteiger partial charge on any atom is -0.478 e. The van der Waals surface area contributed by atoms with Gasteiger partial charge in [0.2, 0.25) is 0 Å². The Kier molecular flexibility index (Phi) is 3.33. The number of rotatable bonds is 4. The van der Waals surface area contributed by atoms with Crippen LogP contribution in [-0.2, 0) is 12.8 Å². The molecule has 0 unspecified atom stereocenters. The molecule has 0 amide bonds. The van der Waals surface area contributed by atoms with Crippen LogP contribution in [-0.4, -0.2) is 11.1 Å². The molecule has 78 valence electrons. The van der Waals surface area contributed by atoms with Crippen molar-refractivity contribution in [2.24, 2.45) is 5.92 Å². The van der Waals surface area contributed by atoms with Crippen LogP contribution in [0.5, 0.6) is 0 Å². The summed E-state index contributed by atoms with van der Waals surface area (Å²) in [5, 5.41) is 8.88. The lowest BCUT2D eigenvalue weighted by Gasteiger charge is -1.99. The predicted octanol–water partition coefficient (Wildman–Crippen LogP) is 2.74. The van der Waals surface area contributed by atoms with Crippen molar-refractivity contribution in [2.75, 3.05) is 0 Å². The molecule has 0 aromatic carbocycles. The second-order valence-electron chi connectivity index (χ2n) is 3.81. The molecular weight excluding hydrogens is 180 g/mol. The lowest BCUT2D eigenvalue weighted by Crippen LogP contribution is -1.97. The zero-order valence-electron chi connectivity index (χ0n) is 8.83. The molecule has 0 saturated heterocycles. The van der Waals surface area contributed by atoms with Gasteiger partial charge in [-0.2, -0.15) is 0 Å². The van der Waals surface area contributed by atoms with E-state index in [-0.39, 0.29) is 0 Å². The largest absolute Gasteiger partial charge is 0.478 e. The fourth-order valence-electron chi connectivity index (χ4n) is 1.43. The molecule has 1 aromatic heterocycles. The number of furan rings is 1. The summed E-state index contributed by atoms with van der Waals surface area (Å²) in [6.45, 7) is 6.05. The van der Waals surface area contributed by atoms with Gasteiger partial charge < -0.3 is 9.52 Å². The van der Waals surface area contributed by atoms with Gasteiger partial charge in [0.15, 0.2) is 0 Å². The second-order valence-corrected chi connectivity index (χ2v) is 3.81. The fourth-order valence-corrected chi connectivity index (χ4v) is 1.43. The maximum absolute atomic E-state index is 10.8. The van der Waals surface area contributed by atoms with Crippen molar-refractivity contribution >= 4 is 5.97 Å². The highest BCUT2D eigenvalue weighted by molar-refractivity contribution is 5.88. The molecule has 1 aromatic rings. The van der Waals surface area contributed by atoms with E-state index in [9.17, 15) is 4.79 Å². The summed E-state index contributed by atoms with van der Waals surface area (Å²) in [6.07, 6.45) is 1.42. The molecule has 3 nitrogen and oxygen atoms in total. The normalized spacial score (nSPS) is 10.9. The number of aromatic carboxylic acids is 1. The van der Waals surface area contributed by atoms with Crippen molar-refractivity contribution in [1.82, 2.24) is 0 Å². The Labute approximate surface area is 83.7 Å². The lowest BCUT2D eigenvalue weighted by atomic mass is 10.1. The van der Waals surface area contributed by atoms with E-state index in [0.29, 0.717) is 23.7 Å². The van der Waals surface area contributed by atoms with E-state index in [1.807, 2.05) is 6.92 Å². The van der Waals surface area contributed by atoms with Gasteiger partial charge in [-0.15, -0.1) is 0 Å². The number of hydrogen-bond acceptors (Lipinski definition) is 2. The molecule has 0 radical (unpaired) electrons. The molecule has 0 spiro atoms. The van der Waals surface area contributed by atoms with E-state index in [1.165, 1.54) is 0 Å². The summed E-state index contributed by atoms with van der Waals surface area (Å²) >= 11 is 0. The van der Waals surface area contributed by atoms with Gasteiger partial charge in [0.1, 0.15) is 17.1 Å². The molecule has 1 heterocycles. The topological polar surface area (TPSA) is 50.4 Å². The fraction of sp³-hybridized carbons (Fsp3) is 0.545. The molecule has 0 aliphatic heterocycles. The number of aryl methyl sites for hydroxylation is 1. The molecule has 1 rings (SSSR count). The zero-order valence-corrected chi connectivity index (χ0v) is 8.83. The first-order chi connectivity index (χ1) is 6.54. The first-order valence-corrected chi connectivity index (χ1v) is 4.89. The third-order valence-corrected chi connectivity index (χ3v) is 2.02. The number of carbonyl (C=O) groups is 1. The van der Waals surface area contributed by atoms with Gasteiger partial charge in [0.25, 0.3) is 0 Å². The minimum absolute atomic E-state index is 0.308. The summed E-state index contributed by atoms with van der Waals surface area (Å²) in [4.78, 5) is 10.8. The van der Waals surface area contributed by atoms with Gasteiger partial charge in [-0.1, -0.05) is 20.8 Å². The van der Waals surface area contributed by atoms with Crippen molar-refractivity contribution in [1.29, 1.82) is 0 Å². The van der Waals surface area contributed by atoms with Gasteiger partial charge in [-0.3, -0.25) is 0 Å². The average Bonchev–Trinajstić information content (AvgIpc) is 2.46. The zero-order chi connectivity index (χ0) is 10.7. The Balaban J connectivity index is 2.94. The molecule has 0 fully saturated rings. The summed E-state index contributed by atoms with van der Waals surface area (Å²) in [5.74, 6) is 0.926. The van der Waals surface area contributed by atoms with Crippen molar-refractivity contribution in [3.63, 3.8) is 0 Å². The van der Waals surface area contributed by atoms with Gasteiger partial charge in [0, 0.05) is 12.8 Å². The van der Waals surface area contributed by atoms with E-state index >= 15 is 0 Å². The molecule has 1 N–H and O–H groups in total. The summed E-state index contributed by atoms with van der Waals surface area (Å²) < 4.78 is 5.46. The third kappa shape index (κ3) is 2.37. The average molecular weight is 196 g/mol. The van der Waals surface area contributed by atoms with Crippen molar-refractivity contribution < 1.29 is 14.3 Å². The van der Waals surface area contributed by atoms with Crippen molar-refractivity contribution in [3.8, 4) is 0 Å². The predicted molar refractivity (Wildman–Crippen MR) is 53.6 cm³/mol. The quantitative estimate of drug-likeness (QED) is 0.805. The molecule has 0 bridgehead atoms. The highest BCUT2D eigenvalue weighted by Crippen LogP contribution is 2.18. The van der Waals surface area contributed by atoms with Gasteiger partial charge in [0.05, 0.1) is 0 Å². The first-order valence-electron chi connectivity index (χ1n) is 4.89. The van der Waals surface area contributed by atoms with Gasteiger partial charge >= 0.3 is 5.97 Å².